The Morgan fingerprint density at radius 2 is 1.62 bits per heavy atom. The molecule has 6 nitrogen and oxygen atoms in total. The Morgan fingerprint density at radius 3 is 2.21 bits per heavy atom. The Morgan fingerprint density at radius 1 is 0.958 bits per heavy atom. The van der Waals surface area contributed by atoms with Crippen molar-refractivity contribution in [2.24, 2.45) is 5.10 Å². The minimum Gasteiger partial charge on any atom is -0.493 e. The van der Waals surface area contributed by atoms with Crippen molar-refractivity contribution in [3.63, 3.8) is 0 Å². The second-order valence-corrected chi connectivity index (χ2v) is 4.99. The molecule has 0 radical (unpaired) electrons. The van der Waals surface area contributed by atoms with E-state index in [2.05, 4.69) is 10.5 Å². The summed E-state index contributed by atoms with van der Waals surface area (Å²) in [7, 11) is 4.60. The second kappa shape index (κ2) is 8.01. The van der Waals surface area contributed by atoms with Crippen LogP contribution in [0.15, 0.2) is 41.5 Å². The van der Waals surface area contributed by atoms with Crippen LogP contribution in [0.5, 0.6) is 17.2 Å². The molecule has 6 heteroatoms. The Bertz CT molecular complexity index is 739. The highest BCUT2D eigenvalue weighted by Crippen LogP contribution is 2.38. The molecule has 2 aromatic rings. The molecule has 0 aliphatic carbocycles. The summed E-state index contributed by atoms with van der Waals surface area (Å²) >= 11 is 0. The molecule has 24 heavy (non-hydrogen) atoms. The van der Waals surface area contributed by atoms with E-state index in [-0.39, 0.29) is 5.91 Å². The van der Waals surface area contributed by atoms with Crippen LogP contribution in [0, 0.1) is 6.92 Å². The van der Waals surface area contributed by atoms with E-state index >= 15 is 0 Å². The van der Waals surface area contributed by atoms with Crippen molar-refractivity contribution in [1.82, 2.24) is 5.43 Å². The fourth-order valence-electron chi connectivity index (χ4n) is 2.16. The van der Waals surface area contributed by atoms with Gasteiger partial charge in [-0.1, -0.05) is 17.7 Å². The van der Waals surface area contributed by atoms with Crippen molar-refractivity contribution in [2.45, 2.75) is 6.92 Å². The summed E-state index contributed by atoms with van der Waals surface area (Å²) in [4.78, 5) is 12.0. The smallest absolute Gasteiger partial charge is 0.271 e. The van der Waals surface area contributed by atoms with Crippen LogP contribution in [0.2, 0.25) is 0 Å². The summed E-state index contributed by atoms with van der Waals surface area (Å²) in [6, 6.07) is 10.7. The number of methoxy groups -OCH3 is 3. The lowest BCUT2D eigenvalue weighted by Gasteiger charge is -2.13. The van der Waals surface area contributed by atoms with E-state index in [0.717, 1.165) is 5.56 Å². The lowest BCUT2D eigenvalue weighted by molar-refractivity contribution is 0.0955. The van der Waals surface area contributed by atoms with Crippen LogP contribution < -0.4 is 19.6 Å². The molecule has 0 unspecified atom stereocenters. The Labute approximate surface area is 141 Å². The molecule has 2 rings (SSSR count). The molecule has 2 aromatic carbocycles. The second-order valence-electron chi connectivity index (χ2n) is 4.99. The maximum Gasteiger partial charge on any atom is 0.271 e. The number of rotatable bonds is 6. The van der Waals surface area contributed by atoms with Crippen molar-refractivity contribution in [3.8, 4) is 17.2 Å². The SMILES string of the molecule is COc1ccc(C=NNC(=O)c2ccc(C)cc2)c(OC)c1OC. The van der Waals surface area contributed by atoms with E-state index in [1.54, 1.807) is 31.4 Å². The predicted molar refractivity (Wildman–Crippen MR) is 92.3 cm³/mol. The number of hydrogen-bond donors (Lipinski definition) is 1. The van der Waals surface area contributed by atoms with Crippen molar-refractivity contribution in [1.29, 1.82) is 0 Å². The summed E-state index contributed by atoms with van der Waals surface area (Å²) in [6.07, 6.45) is 1.49. The van der Waals surface area contributed by atoms with Crippen molar-refractivity contribution >= 4 is 12.1 Å². The molecule has 0 atom stereocenters. The van der Waals surface area contributed by atoms with Gasteiger partial charge >= 0.3 is 0 Å². The number of hydrazone groups is 1. The van der Waals surface area contributed by atoms with Gasteiger partial charge in [0.05, 0.1) is 27.5 Å². The van der Waals surface area contributed by atoms with Crippen LogP contribution >= 0.6 is 0 Å². The van der Waals surface area contributed by atoms with Crippen LogP contribution in [-0.2, 0) is 0 Å². The van der Waals surface area contributed by atoms with Crippen LogP contribution in [-0.4, -0.2) is 33.5 Å². The highest BCUT2D eigenvalue weighted by atomic mass is 16.5. The summed E-state index contributed by atoms with van der Waals surface area (Å²) < 4.78 is 15.9. The molecule has 0 bridgehead atoms. The van der Waals surface area contributed by atoms with Gasteiger partial charge in [-0.15, -0.1) is 0 Å². The number of nitrogens with one attached hydrogen (secondary N) is 1. The topological polar surface area (TPSA) is 69.2 Å². The molecular formula is C18H20N2O4. The normalized spacial score (nSPS) is 10.5. The summed E-state index contributed by atoms with van der Waals surface area (Å²) in [5.74, 6) is 1.21. The zero-order valence-electron chi connectivity index (χ0n) is 14.1. The van der Waals surface area contributed by atoms with Gasteiger partial charge in [0.2, 0.25) is 5.75 Å². The highest BCUT2D eigenvalue weighted by Gasteiger charge is 2.14. The van der Waals surface area contributed by atoms with Gasteiger partial charge in [0.15, 0.2) is 11.5 Å². The average Bonchev–Trinajstić information content (AvgIpc) is 2.61. The van der Waals surface area contributed by atoms with E-state index in [4.69, 9.17) is 14.2 Å². The van der Waals surface area contributed by atoms with Gasteiger partial charge in [-0.2, -0.15) is 5.10 Å². The van der Waals surface area contributed by atoms with Gasteiger partial charge in [-0.3, -0.25) is 4.79 Å². The predicted octanol–water partition coefficient (Wildman–Crippen LogP) is 2.78. The third-order valence-corrected chi connectivity index (χ3v) is 3.42. The minimum absolute atomic E-state index is 0.286. The first-order chi connectivity index (χ1) is 11.6. The fraction of sp³-hybridized carbons (Fsp3) is 0.222. The third kappa shape index (κ3) is 3.84. The number of nitrogens with zero attached hydrogens (tertiary/aromatic N) is 1. The van der Waals surface area contributed by atoms with E-state index < -0.39 is 0 Å². The quantitative estimate of drug-likeness (QED) is 0.654. The molecule has 0 saturated carbocycles. The van der Waals surface area contributed by atoms with E-state index in [9.17, 15) is 4.79 Å². The lowest BCUT2D eigenvalue weighted by atomic mass is 10.1. The highest BCUT2D eigenvalue weighted by molar-refractivity contribution is 5.95. The first kappa shape index (κ1) is 17.3. The molecule has 0 heterocycles. The van der Waals surface area contributed by atoms with Gasteiger partial charge in [0.25, 0.3) is 5.91 Å². The number of hydrogen-bond acceptors (Lipinski definition) is 5. The van der Waals surface area contributed by atoms with Gasteiger partial charge < -0.3 is 14.2 Å². The maximum atomic E-state index is 12.0. The van der Waals surface area contributed by atoms with Gasteiger partial charge in [-0.05, 0) is 31.2 Å². The first-order valence-electron chi connectivity index (χ1n) is 7.29. The molecule has 0 aliphatic rings. The van der Waals surface area contributed by atoms with Crippen LogP contribution in [0.1, 0.15) is 21.5 Å². The third-order valence-electron chi connectivity index (χ3n) is 3.42. The fourth-order valence-corrected chi connectivity index (χ4v) is 2.16. The van der Waals surface area contributed by atoms with E-state index in [0.29, 0.717) is 28.4 Å². The largest absolute Gasteiger partial charge is 0.493 e. The number of amides is 1. The van der Waals surface area contributed by atoms with Crippen LogP contribution in [0.4, 0.5) is 0 Å². The summed E-state index contributed by atoms with van der Waals surface area (Å²) in [5.41, 5.74) is 4.77. The maximum absolute atomic E-state index is 12.0. The Hall–Kier alpha value is -3.02. The molecule has 0 fully saturated rings. The van der Waals surface area contributed by atoms with Gasteiger partial charge in [0.1, 0.15) is 0 Å². The molecule has 0 spiro atoms. The Balaban J connectivity index is 2.17. The molecule has 0 aliphatic heterocycles. The first-order valence-corrected chi connectivity index (χ1v) is 7.29. The number of ether oxygens (including phenoxy) is 3. The number of carbonyl (C=O) groups is 1. The Kier molecular flexibility index (Phi) is 5.78. The zero-order chi connectivity index (χ0) is 17.5. The van der Waals surface area contributed by atoms with Crippen LogP contribution in [0.3, 0.4) is 0 Å². The van der Waals surface area contributed by atoms with E-state index in [1.165, 1.54) is 20.4 Å². The molecular weight excluding hydrogens is 308 g/mol. The van der Waals surface area contributed by atoms with Gasteiger partial charge in [-0.25, -0.2) is 5.43 Å². The molecule has 1 amide bonds. The number of carbonyl (C=O) groups excluding carboxylic acids is 1. The average molecular weight is 328 g/mol. The van der Waals surface area contributed by atoms with Crippen molar-refractivity contribution in [2.75, 3.05) is 21.3 Å². The lowest BCUT2D eigenvalue weighted by Crippen LogP contribution is -2.17. The van der Waals surface area contributed by atoms with Crippen molar-refractivity contribution < 1.29 is 19.0 Å². The standard InChI is InChI=1S/C18H20N2O4/c1-12-5-7-13(8-6-12)18(21)20-19-11-14-9-10-15(22-2)17(24-4)16(14)23-3/h5-11H,1-4H3,(H,20,21). The monoisotopic (exact) mass is 328 g/mol. The molecule has 1 N–H and O–H groups in total. The summed E-state index contributed by atoms with van der Waals surface area (Å²) in [5, 5.41) is 3.98. The molecule has 126 valence electrons. The molecule has 0 saturated heterocycles. The van der Waals surface area contributed by atoms with Crippen LogP contribution in [0.25, 0.3) is 0 Å². The van der Waals surface area contributed by atoms with Crippen molar-refractivity contribution in [3.05, 3.63) is 53.1 Å². The molecule has 0 aromatic heterocycles. The minimum atomic E-state index is -0.286. The zero-order valence-corrected chi connectivity index (χ0v) is 14.1. The number of aryl methyl sites for hydroxylation is 1. The van der Waals surface area contributed by atoms with E-state index in [1.807, 2.05) is 19.1 Å². The summed E-state index contributed by atoms with van der Waals surface area (Å²) in [6.45, 7) is 1.96. The van der Waals surface area contributed by atoms with Gasteiger partial charge in [0, 0.05) is 11.1 Å². The number of benzene rings is 2.